The first-order chi connectivity index (χ1) is 15.0. The summed E-state index contributed by atoms with van der Waals surface area (Å²) in [4.78, 5) is 24.4. The molecule has 0 aromatic heterocycles. The van der Waals surface area contributed by atoms with Gasteiger partial charge in [0.25, 0.3) is 5.91 Å². The molecular formula is C23H30N2O6S. The summed E-state index contributed by atoms with van der Waals surface area (Å²) in [5.74, 6) is -0.374. The van der Waals surface area contributed by atoms with E-state index in [2.05, 4.69) is 10.0 Å². The van der Waals surface area contributed by atoms with Crippen LogP contribution in [0.25, 0.3) is 0 Å². The van der Waals surface area contributed by atoms with Crippen LogP contribution < -0.4 is 14.8 Å². The van der Waals surface area contributed by atoms with Crippen LogP contribution >= 0.6 is 0 Å². The van der Waals surface area contributed by atoms with Gasteiger partial charge in [0.15, 0.2) is 6.10 Å². The summed E-state index contributed by atoms with van der Waals surface area (Å²) < 4.78 is 37.6. The van der Waals surface area contributed by atoms with Crippen LogP contribution in [0, 0.1) is 13.8 Å². The lowest BCUT2D eigenvalue weighted by Crippen LogP contribution is -2.31. The quantitative estimate of drug-likeness (QED) is 0.524. The number of aryl methyl sites for hydroxylation is 2. The molecule has 2 aromatic carbocycles. The SMILES string of the molecule is Cc1ccc(C)c(OCCC(=O)OC(C)C(=O)Nc2ccc(S(=O)(=O)NC(C)C)cc2)c1. The van der Waals surface area contributed by atoms with E-state index in [0.717, 1.165) is 11.1 Å². The van der Waals surface area contributed by atoms with Gasteiger partial charge in [0.2, 0.25) is 10.0 Å². The molecule has 0 aliphatic rings. The second-order valence-corrected chi connectivity index (χ2v) is 9.50. The highest BCUT2D eigenvalue weighted by Crippen LogP contribution is 2.19. The minimum absolute atomic E-state index is 0.000406. The van der Waals surface area contributed by atoms with Gasteiger partial charge in [0, 0.05) is 11.7 Å². The zero-order valence-corrected chi connectivity index (χ0v) is 19.8. The molecule has 0 aliphatic carbocycles. The van der Waals surface area contributed by atoms with Crippen molar-refractivity contribution >= 4 is 27.6 Å². The predicted molar refractivity (Wildman–Crippen MR) is 122 cm³/mol. The van der Waals surface area contributed by atoms with E-state index in [4.69, 9.17) is 9.47 Å². The highest BCUT2D eigenvalue weighted by atomic mass is 32.2. The molecule has 1 amide bonds. The summed E-state index contributed by atoms with van der Waals surface area (Å²) in [6, 6.07) is 11.3. The van der Waals surface area contributed by atoms with E-state index < -0.39 is 28.0 Å². The van der Waals surface area contributed by atoms with Crippen LogP contribution in [0.4, 0.5) is 5.69 Å². The summed E-state index contributed by atoms with van der Waals surface area (Å²) in [7, 11) is -3.62. The van der Waals surface area contributed by atoms with Crippen molar-refractivity contribution in [2.24, 2.45) is 0 Å². The first kappa shape index (κ1) is 25.4. The Hall–Kier alpha value is -2.91. The van der Waals surface area contributed by atoms with E-state index >= 15 is 0 Å². The smallest absolute Gasteiger partial charge is 0.310 e. The number of amides is 1. The molecule has 0 radical (unpaired) electrons. The molecule has 1 unspecified atom stereocenters. The molecule has 0 heterocycles. The van der Waals surface area contributed by atoms with Crippen LogP contribution in [0.5, 0.6) is 5.75 Å². The molecule has 0 saturated heterocycles. The summed E-state index contributed by atoms with van der Waals surface area (Å²) in [5.41, 5.74) is 2.41. The van der Waals surface area contributed by atoms with Crippen LogP contribution in [0.1, 0.15) is 38.3 Å². The van der Waals surface area contributed by atoms with E-state index in [-0.39, 0.29) is 24.0 Å². The molecule has 0 bridgehead atoms. The number of benzene rings is 2. The lowest BCUT2D eigenvalue weighted by Gasteiger charge is -2.15. The minimum atomic E-state index is -3.62. The van der Waals surface area contributed by atoms with Crippen molar-refractivity contribution in [2.45, 2.75) is 58.1 Å². The van der Waals surface area contributed by atoms with Crippen molar-refractivity contribution in [3.63, 3.8) is 0 Å². The Morgan fingerprint density at radius 1 is 1.00 bits per heavy atom. The standard InChI is InChI=1S/C23H30N2O6S/c1-15(2)25-32(28,29)20-10-8-19(9-11-20)24-23(27)18(5)31-22(26)12-13-30-21-14-16(3)6-7-17(21)4/h6-11,14-15,18,25H,12-13H2,1-5H3,(H,24,27). The molecule has 2 N–H and O–H groups in total. The lowest BCUT2D eigenvalue weighted by atomic mass is 10.1. The molecule has 2 rings (SSSR count). The number of sulfonamides is 1. The summed E-state index contributed by atoms with van der Waals surface area (Å²) in [5, 5.41) is 2.60. The Kier molecular flexibility index (Phi) is 8.80. The van der Waals surface area contributed by atoms with E-state index in [0.29, 0.717) is 11.4 Å². The molecule has 0 saturated carbocycles. The molecule has 174 valence electrons. The number of anilines is 1. The normalized spacial score (nSPS) is 12.3. The Balaban J connectivity index is 1.83. The van der Waals surface area contributed by atoms with E-state index in [1.54, 1.807) is 13.8 Å². The topological polar surface area (TPSA) is 111 Å². The highest BCUT2D eigenvalue weighted by molar-refractivity contribution is 7.89. The van der Waals surface area contributed by atoms with Gasteiger partial charge in [0.1, 0.15) is 5.75 Å². The number of hydrogen-bond donors (Lipinski definition) is 2. The molecule has 8 nitrogen and oxygen atoms in total. The third-order valence-corrected chi connectivity index (χ3v) is 6.08. The Morgan fingerprint density at radius 3 is 2.28 bits per heavy atom. The van der Waals surface area contributed by atoms with Crippen LogP contribution in [0.3, 0.4) is 0 Å². The van der Waals surface area contributed by atoms with Crippen molar-refractivity contribution in [3.05, 3.63) is 53.6 Å². The predicted octanol–water partition coefficient (Wildman–Crippen LogP) is 3.33. The molecular weight excluding hydrogens is 432 g/mol. The van der Waals surface area contributed by atoms with Gasteiger partial charge in [-0.05, 0) is 76.1 Å². The maximum atomic E-state index is 12.3. The fourth-order valence-corrected chi connectivity index (χ4v) is 4.01. The van der Waals surface area contributed by atoms with E-state index in [1.807, 2.05) is 32.0 Å². The van der Waals surface area contributed by atoms with E-state index in [9.17, 15) is 18.0 Å². The monoisotopic (exact) mass is 462 g/mol. The molecule has 2 aromatic rings. The van der Waals surface area contributed by atoms with Crippen LogP contribution in [0.2, 0.25) is 0 Å². The fourth-order valence-electron chi connectivity index (χ4n) is 2.76. The van der Waals surface area contributed by atoms with Gasteiger partial charge in [-0.1, -0.05) is 12.1 Å². The average molecular weight is 463 g/mol. The zero-order valence-electron chi connectivity index (χ0n) is 19.0. The van der Waals surface area contributed by atoms with Gasteiger partial charge in [-0.15, -0.1) is 0 Å². The molecule has 9 heteroatoms. The lowest BCUT2D eigenvalue weighted by molar-refractivity contribution is -0.153. The van der Waals surface area contributed by atoms with Crippen molar-refractivity contribution < 1.29 is 27.5 Å². The summed E-state index contributed by atoms with van der Waals surface area (Å²) in [6.45, 7) is 8.93. The van der Waals surface area contributed by atoms with Crippen molar-refractivity contribution in [1.29, 1.82) is 0 Å². The first-order valence-electron chi connectivity index (χ1n) is 10.3. The number of carbonyl (C=O) groups is 2. The van der Waals surface area contributed by atoms with Gasteiger partial charge in [-0.25, -0.2) is 13.1 Å². The third kappa shape index (κ3) is 7.65. The van der Waals surface area contributed by atoms with Crippen molar-refractivity contribution in [3.8, 4) is 5.75 Å². The van der Waals surface area contributed by atoms with E-state index in [1.165, 1.54) is 31.2 Å². The molecule has 0 spiro atoms. The zero-order chi connectivity index (χ0) is 23.9. The third-order valence-electron chi connectivity index (χ3n) is 4.41. The van der Waals surface area contributed by atoms with Gasteiger partial charge < -0.3 is 14.8 Å². The summed E-state index contributed by atoms with van der Waals surface area (Å²) >= 11 is 0. The number of hydrogen-bond acceptors (Lipinski definition) is 6. The molecule has 0 fully saturated rings. The number of rotatable bonds is 10. The largest absolute Gasteiger partial charge is 0.493 e. The maximum absolute atomic E-state index is 12.3. The highest BCUT2D eigenvalue weighted by Gasteiger charge is 2.19. The van der Waals surface area contributed by atoms with Gasteiger partial charge in [-0.3, -0.25) is 9.59 Å². The van der Waals surface area contributed by atoms with Gasteiger partial charge in [-0.2, -0.15) is 0 Å². The van der Waals surface area contributed by atoms with Crippen LogP contribution in [0.15, 0.2) is 47.4 Å². The van der Waals surface area contributed by atoms with Gasteiger partial charge in [0.05, 0.1) is 17.9 Å². The van der Waals surface area contributed by atoms with Crippen LogP contribution in [-0.2, 0) is 24.3 Å². The second-order valence-electron chi connectivity index (χ2n) is 7.79. The number of esters is 1. The first-order valence-corrected chi connectivity index (χ1v) is 11.8. The van der Waals surface area contributed by atoms with Crippen molar-refractivity contribution in [1.82, 2.24) is 4.72 Å². The number of ether oxygens (including phenoxy) is 2. The van der Waals surface area contributed by atoms with Crippen LogP contribution in [-0.4, -0.2) is 39.0 Å². The molecule has 1 atom stereocenters. The number of nitrogens with one attached hydrogen (secondary N) is 2. The second kappa shape index (κ2) is 11.1. The Bertz CT molecular complexity index is 1050. The Morgan fingerprint density at radius 2 is 1.66 bits per heavy atom. The Labute approximate surface area is 189 Å². The van der Waals surface area contributed by atoms with Crippen molar-refractivity contribution in [2.75, 3.05) is 11.9 Å². The number of carbonyl (C=O) groups excluding carboxylic acids is 2. The van der Waals surface area contributed by atoms with Gasteiger partial charge >= 0.3 is 5.97 Å². The minimum Gasteiger partial charge on any atom is -0.493 e. The fraction of sp³-hybridized carbons (Fsp3) is 0.391. The molecule has 32 heavy (non-hydrogen) atoms. The summed E-state index contributed by atoms with van der Waals surface area (Å²) in [6.07, 6.45) is -1.02. The maximum Gasteiger partial charge on any atom is 0.310 e. The average Bonchev–Trinajstić information content (AvgIpc) is 2.70. The molecule has 0 aliphatic heterocycles.